The largest absolute Gasteiger partial charge is 0.493 e. The third-order valence-corrected chi connectivity index (χ3v) is 3.60. The first kappa shape index (κ1) is 12.9. The summed E-state index contributed by atoms with van der Waals surface area (Å²) < 4.78 is 7.06. The van der Waals surface area contributed by atoms with Crippen LogP contribution in [0.5, 0.6) is 5.75 Å². The molecule has 1 aliphatic carbocycles. The van der Waals surface area contributed by atoms with E-state index in [1.54, 1.807) is 13.3 Å². The van der Waals surface area contributed by atoms with Crippen LogP contribution in [0.3, 0.4) is 0 Å². The van der Waals surface area contributed by atoms with Crippen LogP contribution < -0.4 is 10.1 Å². The second kappa shape index (κ2) is 5.40. The third-order valence-electron chi connectivity index (χ3n) is 3.60. The van der Waals surface area contributed by atoms with Crippen molar-refractivity contribution < 1.29 is 4.74 Å². The van der Waals surface area contributed by atoms with Crippen molar-refractivity contribution in [2.24, 2.45) is 0 Å². The Labute approximate surface area is 108 Å². The first-order valence-corrected chi connectivity index (χ1v) is 6.47. The summed E-state index contributed by atoms with van der Waals surface area (Å²) in [5.41, 5.74) is -0.375. The van der Waals surface area contributed by atoms with E-state index in [-0.39, 0.29) is 11.6 Å². The van der Waals surface area contributed by atoms with Gasteiger partial charge < -0.3 is 4.74 Å². The molecule has 1 aliphatic rings. The molecule has 98 valence electrons. The summed E-state index contributed by atoms with van der Waals surface area (Å²) in [6, 6.07) is 2.74. The van der Waals surface area contributed by atoms with Gasteiger partial charge >= 0.3 is 0 Å². The molecule has 0 amide bonds. The number of ether oxygens (including phenoxy) is 1. The van der Waals surface area contributed by atoms with Gasteiger partial charge in [0.25, 0.3) is 0 Å². The van der Waals surface area contributed by atoms with Gasteiger partial charge in [-0.05, 0) is 25.8 Å². The highest BCUT2D eigenvalue weighted by Crippen LogP contribution is 2.37. The molecule has 1 heterocycles. The molecule has 1 fully saturated rings. The van der Waals surface area contributed by atoms with E-state index in [0.717, 1.165) is 38.0 Å². The maximum atomic E-state index is 9.39. The van der Waals surface area contributed by atoms with Crippen molar-refractivity contribution in [2.45, 2.75) is 44.2 Å². The van der Waals surface area contributed by atoms with Crippen LogP contribution in [0.1, 0.15) is 38.6 Å². The van der Waals surface area contributed by atoms with Gasteiger partial charge in [-0.2, -0.15) is 10.4 Å². The molecule has 2 rings (SSSR count). The lowest BCUT2D eigenvalue weighted by Crippen LogP contribution is -2.42. The van der Waals surface area contributed by atoms with Crippen molar-refractivity contribution in [2.75, 3.05) is 13.7 Å². The van der Waals surface area contributed by atoms with Crippen molar-refractivity contribution in [3.63, 3.8) is 0 Å². The highest BCUT2D eigenvalue weighted by molar-refractivity contribution is 5.16. The molecule has 5 heteroatoms. The number of hydrogen-bond donors (Lipinski definition) is 1. The number of hydrogen-bond acceptors (Lipinski definition) is 4. The quantitative estimate of drug-likeness (QED) is 0.864. The summed E-state index contributed by atoms with van der Waals surface area (Å²) in [4.78, 5) is 0. The van der Waals surface area contributed by atoms with Gasteiger partial charge in [-0.1, -0.05) is 6.92 Å². The van der Waals surface area contributed by atoms with Crippen molar-refractivity contribution >= 4 is 0 Å². The van der Waals surface area contributed by atoms with Crippen LogP contribution in [0.4, 0.5) is 0 Å². The zero-order valence-electron chi connectivity index (χ0n) is 11.0. The molecule has 1 saturated carbocycles. The van der Waals surface area contributed by atoms with Gasteiger partial charge in [0.05, 0.1) is 31.6 Å². The topological polar surface area (TPSA) is 62.9 Å². The zero-order valence-corrected chi connectivity index (χ0v) is 11.0. The monoisotopic (exact) mass is 248 g/mol. The predicted octanol–water partition coefficient (Wildman–Crippen LogP) is 1.88. The van der Waals surface area contributed by atoms with Crippen LogP contribution >= 0.6 is 0 Å². The number of nitriles is 1. The lowest BCUT2D eigenvalue weighted by atomic mass is 9.99. The fourth-order valence-electron chi connectivity index (χ4n) is 2.54. The Morgan fingerprint density at radius 2 is 2.56 bits per heavy atom. The number of aromatic nitrogens is 2. The predicted molar refractivity (Wildman–Crippen MR) is 68.3 cm³/mol. The number of nitrogens with one attached hydrogen (secondary N) is 1. The average molecular weight is 248 g/mol. The maximum Gasteiger partial charge on any atom is 0.156 e. The first-order valence-electron chi connectivity index (χ1n) is 6.47. The average Bonchev–Trinajstić information content (AvgIpc) is 3.03. The van der Waals surface area contributed by atoms with Crippen LogP contribution in [-0.4, -0.2) is 29.0 Å². The molecule has 0 aliphatic heterocycles. The molecule has 0 saturated heterocycles. The van der Waals surface area contributed by atoms with Crippen LogP contribution in [0.15, 0.2) is 12.4 Å². The van der Waals surface area contributed by atoms with E-state index in [1.807, 2.05) is 10.9 Å². The molecule has 0 aromatic carbocycles. The van der Waals surface area contributed by atoms with Gasteiger partial charge in [-0.3, -0.25) is 10.00 Å². The van der Waals surface area contributed by atoms with Crippen LogP contribution in [0.25, 0.3) is 0 Å². The van der Waals surface area contributed by atoms with Gasteiger partial charge in [0.15, 0.2) is 5.75 Å². The van der Waals surface area contributed by atoms with E-state index in [9.17, 15) is 5.26 Å². The van der Waals surface area contributed by atoms with Crippen LogP contribution in [0.2, 0.25) is 0 Å². The van der Waals surface area contributed by atoms with E-state index in [0.29, 0.717) is 0 Å². The van der Waals surface area contributed by atoms with Gasteiger partial charge in [-0.25, -0.2) is 0 Å². The van der Waals surface area contributed by atoms with E-state index >= 15 is 0 Å². The molecule has 1 aromatic rings. The molecular formula is C13H20N4O. The standard InChI is InChI=1S/C13H20N4O/c1-3-6-15-13(10-14)5-4-11(7-13)17-9-12(18-2)8-16-17/h8-9,11,15H,3-7H2,1-2H3. The van der Waals surface area contributed by atoms with Gasteiger partial charge in [-0.15, -0.1) is 0 Å². The minimum Gasteiger partial charge on any atom is -0.493 e. The Balaban J connectivity index is 2.04. The molecule has 1 N–H and O–H groups in total. The smallest absolute Gasteiger partial charge is 0.156 e. The highest BCUT2D eigenvalue weighted by atomic mass is 16.5. The Kier molecular flexibility index (Phi) is 3.87. The van der Waals surface area contributed by atoms with Gasteiger partial charge in [0, 0.05) is 6.42 Å². The van der Waals surface area contributed by atoms with E-state index in [4.69, 9.17) is 4.74 Å². The molecule has 0 bridgehead atoms. The summed E-state index contributed by atoms with van der Waals surface area (Å²) >= 11 is 0. The minimum absolute atomic E-state index is 0.290. The van der Waals surface area contributed by atoms with Crippen molar-refractivity contribution in [1.82, 2.24) is 15.1 Å². The number of rotatable bonds is 5. The summed E-state index contributed by atoms with van der Waals surface area (Å²) in [6.45, 7) is 3.01. The second-order valence-electron chi connectivity index (χ2n) is 4.88. The number of nitrogens with zero attached hydrogens (tertiary/aromatic N) is 3. The van der Waals surface area contributed by atoms with E-state index < -0.39 is 0 Å². The molecule has 0 spiro atoms. The van der Waals surface area contributed by atoms with E-state index in [2.05, 4.69) is 23.4 Å². The molecule has 18 heavy (non-hydrogen) atoms. The Morgan fingerprint density at radius 3 is 3.17 bits per heavy atom. The zero-order chi connectivity index (χ0) is 13.0. The summed E-state index contributed by atoms with van der Waals surface area (Å²) in [5, 5.41) is 17.1. The fourth-order valence-corrected chi connectivity index (χ4v) is 2.54. The third kappa shape index (κ3) is 2.49. The number of methoxy groups -OCH3 is 1. The molecule has 2 atom stereocenters. The summed E-state index contributed by atoms with van der Waals surface area (Å²) in [6.07, 6.45) is 7.34. The van der Waals surface area contributed by atoms with Gasteiger partial charge in [0.2, 0.25) is 0 Å². The summed E-state index contributed by atoms with van der Waals surface area (Å²) in [5.74, 6) is 0.769. The molecule has 1 aromatic heterocycles. The molecular weight excluding hydrogens is 228 g/mol. The van der Waals surface area contributed by atoms with Crippen molar-refractivity contribution in [3.8, 4) is 11.8 Å². The Bertz CT molecular complexity index is 436. The lowest BCUT2D eigenvalue weighted by molar-refractivity contribution is 0.385. The van der Waals surface area contributed by atoms with Gasteiger partial charge in [0.1, 0.15) is 5.54 Å². The first-order chi connectivity index (χ1) is 8.73. The maximum absolute atomic E-state index is 9.39. The Morgan fingerprint density at radius 1 is 1.72 bits per heavy atom. The molecule has 2 unspecified atom stereocenters. The van der Waals surface area contributed by atoms with Crippen molar-refractivity contribution in [3.05, 3.63) is 12.4 Å². The summed E-state index contributed by atoms with van der Waals surface area (Å²) in [7, 11) is 1.64. The van der Waals surface area contributed by atoms with Crippen LogP contribution in [0, 0.1) is 11.3 Å². The normalized spacial score (nSPS) is 27.1. The second-order valence-corrected chi connectivity index (χ2v) is 4.88. The highest BCUT2D eigenvalue weighted by Gasteiger charge is 2.40. The molecule has 0 radical (unpaired) electrons. The molecule has 5 nitrogen and oxygen atoms in total. The van der Waals surface area contributed by atoms with Crippen molar-refractivity contribution in [1.29, 1.82) is 5.26 Å². The van der Waals surface area contributed by atoms with Crippen LogP contribution in [-0.2, 0) is 0 Å². The van der Waals surface area contributed by atoms with E-state index in [1.165, 1.54) is 0 Å². The Hall–Kier alpha value is -1.54. The lowest BCUT2D eigenvalue weighted by Gasteiger charge is -2.22. The minimum atomic E-state index is -0.375. The fraction of sp³-hybridized carbons (Fsp3) is 0.692. The SMILES string of the molecule is CCCNC1(C#N)CCC(n2cc(OC)cn2)C1.